The fourth-order valence-corrected chi connectivity index (χ4v) is 1.77. The summed E-state index contributed by atoms with van der Waals surface area (Å²) in [7, 11) is 1.64. The fraction of sp³-hybridized carbons (Fsp3) is 0.611. The molecule has 0 unspecified atom stereocenters. The molecule has 0 saturated carbocycles. The number of rotatable bonds is 17. The highest BCUT2D eigenvalue weighted by atomic mass is 16.6. The molecule has 1 aromatic rings. The Morgan fingerprint density at radius 3 is 1.56 bits per heavy atom. The van der Waals surface area contributed by atoms with Crippen molar-refractivity contribution in [2.45, 2.75) is 0 Å². The van der Waals surface area contributed by atoms with Gasteiger partial charge in [0, 0.05) is 12.7 Å². The van der Waals surface area contributed by atoms with Crippen LogP contribution in [-0.4, -0.2) is 79.5 Å². The van der Waals surface area contributed by atoms with Crippen molar-refractivity contribution >= 4 is 6.29 Å². The van der Waals surface area contributed by atoms with E-state index in [1.54, 1.807) is 31.4 Å². The molecule has 0 spiro atoms. The van der Waals surface area contributed by atoms with Crippen molar-refractivity contribution in [3.8, 4) is 5.75 Å². The smallest absolute Gasteiger partial charge is 0.150 e. The van der Waals surface area contributed by atoms with E-state index in [9.17, 15) is 4.79 Å². The van der Waals surface area contributed by atoms with Gasteiger partial charge >= 0.3 is 0 Å². The summed E-state index contributed by atoms with van der Waals surface area (Å²) >= 11 is 0. The number of hydrogen-bond acceptors (Lipinski definition) is 7. The van der Waals surface area contributed by atoms with Crippen LogP contribution in [0.25, 0.3) is 0 Å². The summed E-state index contributed by atoms with van der Waals surface area (Å²) in [5, 5.41) is 0. The van der Waals surface area contributed by atoms with Crippen molar-refractivity contribution in [1.82, 2.24) is 0 Å². The zero-order valence-electron chi connectivity index (χ0n) is 14.8. The quantitative estimate of drug-likeness (QED) is 0.310. The minimum atomic E-state index is 0.451. The molecular weight excluding hydrogens is 328 g/mol. The molecule has 1 rings (SSSR count). The van der Waals surface area contributed by atoms with E-state index in [0.717, 1.165) is 6.29 Å². The van der Waals surface area contributed by atoms with Crippen LogP contribution in [-0.2, 0) is 23.7 Å². The highest BCUT2D eigenvalue weighted by molar-refractivity contribution is 5.74. The first kappa shape index (κ1) is 21.5. The van der Waals surface area contributed by atoms with Crippen molar-refractivity contribution < 1.29 is 33.2 Å². The maximum atomic E-state index is 10.5. The maximum Gasteiger partial charge on any atom is 0.150 e. The molecule has 0 bridgehead atoms. The lowest BCUT2D eigenvalue weighted by atomic mass is 10.2. The van der Waals surface area contributed by atoms with Crippen LogP contribution in [0.5, 0.6) is 5.75 Å². The molecule has 0 aromatic heterocycles. The largest absolute Gasteiger partial charge is 0.491 e. The summed E-state index contributed by atoms with van der Waals surface area (Å²) in [6, 6.07) is 6.95. The fourth-order valence-electron chi connectivity index (χ4n) is 1.77. The molecule has 0 aliphatic rings. The van der Waals surface area contributed by atoms with E-state index in [2.05, 4.69) is 0 Å². The molecule has 0 aliphatic carbocycles. The van der Waals surface area contributed by atoms with Gasteiger partial charge in [0.25, 0.3) is 0 Å². The second-order valence-electron chi connectivity index (χ2n) is 4.98. The summed E-state index contributed by atoms with van der Waals surface area (Å²) < 4.78 is 31.8. The lowest BCUT2D eigenvalue weighted by molar-refractivity contribution is -0.00978. The molecule has 0 radical (unpaired) electrons. The Hall–Kier alpha value is -1.51. The number of ether oxygens (including phenoxy) is 6. The summed E-state index contributed by atoms with van der Waals surface area (Å²) in [4.78, 5) is 10.5. The van der Waals surface area contributed by atoms with Gasteiger partial charge in [0.05, 0.1) is 59.5 Å². The van der Waals surface area contributed by atoms with Crippen molar-refractivity contribution in [2.75, 3.05) is 73.2 Å². The Morgan fingerprint density at radius 1 is 0.680 bits per heavy atom. The summed E-state index contributed by atoms with van der Waals surface area (Å²) in [5.41, 5.74) is 0.628. The molecule has 142 valence electrons. The van der Waals surface area contributed by atoms with E-state index in [1.165, 1.54) is 0 Å². The number of carbonyl (C=O) groups excluding carboxylic acids is 1. The first-order chi connectivity index (χ1) is 12.4. The lowest BCUT2D eigenvalue weighted by Crippen LogP contribution is -2.14. The van der Waals surface area contributed by atoms with Crippen LogP contribution in [0.4, 0.5) is 0 Å². The highest BCUT2D eigenvalue weighted by Gasteiger charge is 1.96. The van der Waals surface area contributed by atoms with Crippen LogP contribution < -0.4 is 4.74 Å². The minimum Gasteiger partial charge on any atom is -0.491 e. The molecule has 7 nitrogen and oxygen atoms in total. The van der Waals surface area contributed by atoms with E-state index in [0.29, 0.717) is 77.4 Å². The van der Waals surface area contributed by atoms with Crippen molar-refractivity contribution in [1.29, 1.82) is 0 Å². The Morgan fingerprint density at radius 2 is 1.12 bits per heavy atom. The van der Waals surface area contributed by atoms with Crippen molar-refractivity contribution in [3.05, 3.63) is 29.8 Å². The standard InChI is InChI=1S/C18H28O7/c1-20-6-7-21-8-9-22-10-11-23-12-13-24-14-15-25-18-4-2-17(16-19)3-5-18/h2-5,16H,6-15H2,1H3. The van der Waals surface area contributed by atoms with E-state index in [-0.39, 0.29) is 0 Å². The molecule has 0 heterocycles. The number of aldehydes is 1. The Balaban J connectivity index is 1.79. The lowest BCUT2D eigenvalue weighted by Gasteiger charge is -2.08. The van der Waals surface area contributed by atoms with Crippen LogP contribution >= 0.6 is 0 Å². The van der Waals surface area contributed by atoms with Gasteiger partial charge in [-0.1, -0.05) is 0 Å². The zero-order chi connectivity index (χ0) is 18.0. The average molecular weight is 356 g/mol. The van der Waals surface area contributed by atoms with Gasteiger partial charge in [-0.25, -0.2) is 0 Å². The predicted molar refractivity (Wildman–Crippen MR) is 92.5 cm³/mol. The van der Waals surface area contributed by atoms with Crippen LogP contribution in [0, 0.1) is 0 Å². The Bertz CT molecular complexity index is 422. The number of carbonyl (C=O) groups is 1. The van der Waals surface area contributed by atoms with Crippen LogP contribution in [0.2, 0.25) is 0 Å². The van der Waals surface area contributed by atoms with Gasteiger partial charge in [0.2, 0.25) is 0 Å². The first-order valence-corrected chi connectivity index (χ1v) is 8.34. The summed E-state index contributed by atoms with van der Waals surface area (Å²) in [6.45, 7) is 5.31. The molecule has 0 saturated heterocycles. The SMILES string of the molecule is COCCOCCOCCOCCOCCOc1ccc(C=O)cc1. The van der Waals surface area contributed by atoms with Crippen LogP contribution in [0.1, 0.15) is 10.4 Å². The van der Waals surface area contributed by atoms with E-state index < -0.39 is 0 Å². The first-order valence-electron chi connectivity index (χ1n) is 8.34. The molecular formula is C18H28O7. The van der Waals surface area contributed by atoms with E-state index >= 15 is 0 Å². The molecule has 0 fully saturated rings. The molecule has 0 N–H and O–H groups in total. The van der Waals surface area contributed by atoms with Gasteiger partial charge in [-0.15, -0.1) is 0 Å². The van der Waals surface area contributed by atoms with E-state index in [4.69, 9.17) is 28.4 Å². The molecule has 25 heavy (non-hydrogen) atoms. The minimum absolute atomic E-state index is 0.451. The second-order valence-corrected chi connectivity index (χ2v) is 4.98. The summed E-state index contributed by atoms with van der Waals surface area (Å²) in [6.07, 6.45) is 0.800. The van der Waals surface area contributed by atoms with Crippen LogP contribution in [0.3, 0.4) is 0 Å². The molecule has 0 aliphatic heterocycles. The van der Waals surface area contributed by atoms with Gasteiger partial charge in [0.1, 0.15) is 18.6 Å². The number of methoxy groups -OCH3 is 1. The molecule has 7 heteroatoms. The van der Waals surface area contributed by atoms with Crippen LogP contribution in [0.15, 0.2) is 24.3 Å². The van der Waals surface area contributed by atoms with Gasteiger partial charge < -0.3 is 28.4 Å². The molecule has 1 aromatic carbocycles. The van der Waals surface area contributed by atoms with Crippen molar-refractivity contribution in [2.24, 2.45) is 0 Å². The predicted octanol–water partition coefficient (Wildman–Crippen LogP) is 1.59. The molecule has 0 amide bonds. The number of hydrogen-bond donors (Lipinski definition) is 0. The average Bonchev–Trinajstić information content (AvgIpc) is 2.65. The van der Waals surface area contributed by atoms with Gasteiger partial charge in [-0.3, -0.25) is 4.79 Å². The van der Waals surface area contributed by atoms with E-state index in [1.807, 2.05) is 0 Å². The normalized spacial score (nSPS) is 10.8. The second kappa shape index (κ2) is 16.0. The third-order valence-corrected chi connectivity index (χ3v) is 3.06. The summed E-state index contributed by atoms with van der Waals surface area (Å²) in [5.74, 6) is 0.716. The third-order valence-electron chi connectivity index (χ3n) is 3.06. The van der Waals surface area contributed by atoms with Gasteiger partial charge in [-0.2, -0.15) is 0 Å². The van der Waals surface area contributed by atoms with Gasteiger partial charge in [-0.05, 0) is 24.3 Å². The number of benzene rings is 1. The Kier molecular flexibility index (Phi) is 13.8. The monoisotopic (exact) mass is 356 g/mol. The van der Waals surface area contributed by atoms with Crippen molar-refractivity contribution in [3.63, 3.8) is 0 Å². The van der Waals surface area contributed by atoms with Gasteiger partial charge in [0.15, 0.2) is 0 Å². The Labute approximate surface area is 149 Å². The highest BCUT2D eigenvalue weighted by Crippen LogP contribution is 2.10. The maximum absolute atomic E-state index is 10.5. The zero-order valence-corrected chi connectivity index (χ0v) is 14.8. The topological polar surface area (TPSA) is 72.5 Å². The molecule has 0 atom stereocenters. The third kappa shape index (κ3) is 12.5.